The molecule has 2 aromatic carbocycles. The van der Waals surface area contributed by atoms with Gasteiger partial charge in [-0.15, -0.1) is 0 Å². The molecule has 0 atom stereocenters. The molecule has 0 saturated carbocycles. The lowest BCUT2D eigenvalue weighted by Crippen LogP contribution is -2.03. The van der Waals surface area contributed by atoms with Crippen molar-refractivity contribution < 1.29 is 4.74 Å². The van der Waals surface area contributed by atoms with E-state index in [1.54, 1.807) is 6.20 Å². The Morgan fingerprint density at radius 1 is 0.900 bits per heavy atom. The van der Waals surface area contributed by atoms with Gasteiger partial charge >= 0.3 is 0 Å². The number of aromatic nitrogens is 2. The van der Waals surface area contributed by atoms with Crippen LogP contribution in [0.15, 0.2) is 73.1 Å². The Hall–Kier alpha value is -2.39. The van der Waals surface area contributed by atoms with Crippen LogP contribution in [-0.2, 0) is 18.1 Å². The minimum Gasteiger partial charge on any atom is -0.356 e. The van der Waals surface area contributed by atoms with Gasteiger partial charge in [-0.3, -0.25) is 0 Å². The van der Waals surface area contributed by atoms with Crippen molar-refractivity contribution in [1.82, 2.24) is 9.55 Å². The highest BCUT2D eigenvalue weighted by molar-refractivity contribution is 5.54. The van der Waals surface area contributed by atoms with E-state index in [2.05, 4.69) is 29.2 Å². The zero-order chi connectivity index (χ0) is 13.6. The summed E-state index contributed by atoms with van der Waals surface area (Å²) in [5.41, 5.74) is 2.27. The monoisotopic (exact) mass is 264 g/mol. The van der Waals surface area contributed by atoms with Gasteiger partial charge in [0.2, 0.25) is 0 Å². The SMILES string of the molecule is c1ccc(COCn2ccnc2-c2ccccc2)cc1. The number of rotatable bonds is 5. The van der Waals surface area contributed by atoms with Gasteiger partial charge in [0.1, 0.15) is 12.6 Å². The number of hydrogen-bond donors (Lipinski definition) is 0. The molecular weight excluding hydrogens is 248 g/mol. The standard InChI is InChI=1S/C17H16N2O/c1-3-7-15(8-4-1)13-20-14-19-12-11-18-17(19)16-9-5-2-6-10-16/h1-12H,13-14H2. The Labute approximate surface area is 118 Å². The van der Waals surface area contributed by atoms with Crippen molar-refractivity contribution in [2.24, 2.45) is 0 Å². The molecule has 100 valence electrons. The van der Waals surface area contributed by atoms with Gasteiger partial charge in [0.25, 0.3) is 0 Å². The largest absolute Gasteiger partial charge is 0.356 e. The molecule has 0 aliphatic heterocycles. The van der Waals surface area contributed by atoms with E-state index in [0.717, 1.165) is 11.4 Å². The van der Waals surface area contributed by atoms with E-state index >= 15 is 0 Å². The molecule has 3 aromatic rings. The molecule has 0 aliphatic carbocycles. The van der Waals surface area contributed by atoms with Gasteiger partial charge < -0.3 is 9.30 Å². The fourth-order valence-corrected chi connectivity index (χ4v) is 2.10. The zero-order valence-electron chi connectivity index (χ0n) is 11.1. The normalized spacial score (nSPS) is 10.6. The second-order valence-electron chi connectivity index (χ2n) is 4.55. The molecule has 3 nitrogen and oxygen atoms in total. The van der Waals surface area contributed by atoms with Gasteiger partial charge in [0.05, 0.1) is 6.61 Å². The Morgan fingerprint density at radius 2 is 1.60 bits per heavy atom. The molecular formula is C17H16N2O. The molecule has 0 fully saturated rings. The lowest BCUT2D eigenvalue weighted by atomic mass is 10.2. The first kappa shape index (κ1) is 12.6. The lowest BCUT2D eigenvalue weighted by Gasteiger charge is -2.09. The maximum absolute atomic E-state index is 5.75. The summed E-state index contributed by atoms with van der Waals surface area (Å²) in [6, 6.07) is 20.3. The summed E-state index contributed by atoms with van der Waals surface area (Å²) in [5, 5.41) is 0. The van der Waals surface area contributed by atoms with E-state index in [-0.39, 0.29) is 0 Å². The van der Waals surface area contributed by atoms with Gasteiger partial charge in [-0.05, 0) is 5.56 Å². The van der Waals surface area contributed by atoms with Crippen molar-refractivity contribution >= 4 is 0 Å². The molecule has 0 aliphatic rings. The Balaban J connectivity index is 1.66. The predicted molar refractivity (Wildman–Crippen MR) is 78.9 cm³/mol. The summed E-state index contributed by atoms with van der Waals surface area (Å²) in [6.45, 7) is 1.10. The van der Waals surface area contributed by atoms with Crippen molar-refractivity contribution in [2.75, 3.05) is 0 Å². The highest BCUT2D eigenvalue weighted by Crippen LogP contribution is 2.16. The molecule has 0 N–H and O–H groups in total. The minimum absolute atomic E-state index is 0.499. The van der Waals surface area contributed by atoms with Crippen molar-refractivity contribution in [2.45, 2.75) is 13.3 Å². The average Bonchev–Trinajstić information content (AvgIpc) is 2.98. The summed E-state index contributed by atoms with van der Waals surface area (Å²) in [6.07, 6.45) is 3.74. The molecule has 3 rings (SSSR count). The molecule has 0 spiro atoms. The van der Waals surface area contributed by atoms with E-state index in [1.807, 2.05) is 47.2 Å². The summed E-state index contributed by atoms with van der Waals surface area (Å²) >= 11 is 0. The van der Waals surface area contributed by atoms with Gasteiger partial charge in [0.15, 0.2) is 0 Å². The van der Waals surface area contributed by atoms with Gasteiger partial charge in [-0.2, -0.15) is 0 Å². The molecule has 0 radical (unpaired) electrons. The van der Waals surface area contributed by atoms with E-state index in [1.165, 1.54) is 5.56 Å². The van der Waals surface area contributed by atoms with E-state index < -0.39 is 0 Å². The minimum atomic E-state index is 0.499. The fourth-order valence-electron chi connectivity index (χ4n) is 2.10. The maximum atomic E-state index is 5.75. The Morgan fingerprint density at radius 3 is 2.35 bits per heavy atom. The third kappa shape index (κ3) is 2.95. The maximum Gasteiger partial charge on any atom is 0.141 e. The highest BCUT2D eigenvalue weighted by atomic mass is 16.5. The second kappa shape index (κ2) is 6.17. The molecule has 1 aromatic heterocycles. The Bertz CT molecular complexity index is 647. The highest BCUT2D eigenvalue weighted by Gasteiger charge is 2.04. The van der Waals surface area contributed by atoms with Crippen molar-refractivity contribution in [3.8, 4) is 11.4 Å². The summed E-state index contributed by atoms with van der Waals surface area (Å²) in [5.74, 6) is 0.929. The molecule has 1 heterocycles. The summed E-state index contributed by atoms with van der Waals surface area (Å²) in [4.78, 5) is 4.40. The van der Waals surface area contributed by atoms with E-state index in [0.29, 0.717) is 13.3 Å². The van der Waals surface area contributed by atoms with Crippen LogP contribution in [0.25, 0.3) is 11.4 Å². The third-order valence-corrected chi connectivity index (χ3v) is 3.09. The first-order valence-electron chi connectivity index (χ1n) is 6.62. The van der Waals surface area contributed by atoms with Gasteiger partial charge in [0, 0.05) is 18.0 Å². The second-order valence-corrected chi connectivity index (χ2v) is 4.55. The summed E-state index contributed by atoms with van der Waals surface area (Å²) in [7, 11) is 0. The third-order valence-electron chi connectivity index (χ3n) is 3.09. The number of hydrogen-bond acceptors (Lipinski definition) is 2. The quantitative estimate of drug-likeness (QED) is 0.702. The van der Waals surface area contributed by atoms with Crippen LogP contribution < -0.4 is 0 Å². The van der Waals surface area contributed by atoms with E-state index in [4.69, 9.17) is 4.74 Å². The lowest BCUT2D eigenvalue weighted by molar-refractivity contribution is 0.0650. The van der Waals surface area contributed by atoms with Crippen LogP contribution in [0.4, 0.5) is 0 Å². The van der Waals surface area contributed by atoms with Crippen LogP contribution in [0.1, 0.15) is 5.56 Å². The number of imidazole rings is 1. The van der Waals surface area contributed by atoms with Crippen LogP contribution in [0.3, 0.4) is 0 Å². The molecule has 0 amide bonds. The number of benzene rings is 2. The summed E-state index contributed by atoms with van der Waals surface area (Å²) < 4.78 is 7.76. The number of ether oxygens (including phenoxy) is 1. The molecule has 0 bridgehead atoms. The van der Waals surface area contributed by atoms with Crippen LogP contribution in [0, 0.1) is 0 Å². The molecule has 0 unspecified atom stereocenters. The fraction of sp³-hybridized carbons (Fsp3) is 0.118. The Kier molecular flexibility index (Phi) is 3.90. The first-order chi connectivity index (χ1) is 9.93. The molecule has 20 heavy (non-hydrogen) atoms. The van der Waals surface area contributed by atoms with Gasteiger partial charge in [-0.25, -0.2) is 4.98 Å². The van der Waals surface area contributed by atoms with Crippen molar-refractivity contribution in [3.05, 3.63) is 78.6 Å². The van der Waals surface area contributed by atoms with Crippen molar-refractivity contribution in [1.29, 1.82) is 0 Å². The van der Waals surface area contributed by atoms with E-state index in [9.17, 15) is 0 Å². The zero-order valence-corrected chi connectivity index (χ0v) is 11.1. The van der Waals surface area contributed by atoms with Gasteiger partial charge in [-0.1, -0.05) is 60.7 Å². The smallest absolute Gasteiger partial charge is 0.141 e. The van der Waals surface area contributed by atoms with Crippen LogP contribution in [-0.4, -0.2) is 9.55 Å². The topological polar surface area (TPSA) is 27.1 Å². The van der Waals surface area contributed by atoms with Crippen LogP contribution >= 0.6 is 0 Å². The van der Waals surface area contributed by atoms with Crippen LogP contribution in [0.2, 0.25) is 0 Å². The molecule has 0 saturated heterocycles. The molecule has 3 heteroatoms. The number of nitrogens with zero attached hydrogens (tertiary/aromatic N) is 2. The van der Waals surface area contributed by atoms with Crippen LogP contribution in [0.5, 0.6) is 0 Å². The van der Waals surface area contributed by atoms with Crippen molar-refractivity contribution in [3.63, 3.8) is 0 Å². The first-order valence-corrected chi connectivity index (χ1v) is 6.62. The predicted octanol–water partition coefficient (Wildman–Crippen LogP) is 3.72. The average molecular weight is 264 g/mol.